The minimum Gasteiger partial charge on any atom is -0.382 e. The molecule has 3 heteroatoms. The van der Waals surface area contributed by atoms with Crippen LogP contribution in [0.5, 0.6) is 0 Å². The molecule has 0 saturated heterocycles. The smallest absolute Gasteiger partial charge is 0.123 e. The van der Waals surface area contributed by atoms with Crippen molar-refractivity contribution >= 4 is 21.4 Å². The predicted molar refractivity (Wildman–Crippen MR) is 74.9 cm³/mol. The zero-order valence-corrected chi connectivity index (χ0v) is 10.8. The van der Waals surface area contributed by atoms with E-state index >= 15 is 0 Å². The van der Waals surface area contributed by atoms with E-state index in [1.54, 1.807) is 17.5 Å². The van der Waals surface area contributed by atoms with Crippen molar-refractivity contribution in [1.82, 2.24) is 4.98 Å². The van der Waals surface area contributed by atoms with Gasteiger partial charge in [-0.1, -0.05) is 24.3 Å². The molecular formula is C15H13NOS. The molecule has 2 aromatic heterocycles. The van der Waals surface area contributed by atoms with Gasteiger partial charge in [-0.15, -0.1) is 11.3 Å². The number of rotatable bonds is 2. The Kier molecular flexibility index (Phi) is 2.86. The molecule has 0 bridgehead atoms. The van der Waals surface area contributed by atoms with E-state index in [0.29, 0.717) is 0 Å². The lowest BCUT2D eigenvalue weighted by Crippen LogP contribution is -2.04. The zero-order valence-electron chi connectivity index (χ0n) is 10.00. The standard InChI is InChI=1S/C15H13NOS/c1-10-4-3-8-16-13(10)14(17)12-6-2-5-11-7-9-18-15(11)12/h2-9,14,17H,1H3. The average molecular weight is 255 g/mol. The highest BCUT2D eigenvalue weighted by Crippen LogP contribution is 2.32. The molecule has 18 heavy (non-hydrogen) atoms. The summed E-state index contributed by atoms with van der Waals surface area (Å²) < 4.78 is 1.13. The van der Waals surface area contributed by atoms with Crippen molar-refractivity contribution in [3.05, 3.63) is 64.8 Å². The topological polar surface area (TPSA) is 33.1 Å². The SMILES string of the molecule is Cc1cccnc1C(O)c1cccc2ccsc12. The van der Waals surface area contributed by atoms with Crippen LogP contribution in [-0.4, -0.2) is 10.1 Å². The fraction of sp³-hybridized carbons (Fsp3) is 0.133. The molecule has 0 radical (unpaired) electrons. The maximum atomic E-state index is 10.5. The molecule has 3 rings (SSSR count). The first-order chi connectivity index (χ1) is 8.77. The summed E-state index contributed by atoms with van der Waals surface area (Å²) in [6.45, 7) is 1.97. The number of aliphatic hydroxyl groups excluding tert-OH is 1. The lowest BCUT2D eigenvalue weighted by Gasteiger charge is -2.13. The van der Waals surface area contributed by atoms with Crippen molar-refractivity contribution in [3.8, 4) is 0 Å². The van der Waals surface area contributed by atoms with E-state index in [-0.39, 0.29) is 0 Å². The van der Waals surface area contributed by atoms with E-state index in [1.807, 2.05) is 36.6 Å². The van der Waals surface area contributed by atoms with Crippen LogP contribution in [0.25, 0.3) is 10.1 Å². The fourth-order valence-electron chi connectivity index (χ4n) is 2.16. The average Bonchev–Trinajstić information content (AvgIpc) is 2.86. The van der Waals surface area contributed by atoms with Crippen LogP contribution in [0.3, 0.4) is 0 Å². The molecule has 1 aromatic carbocycles. The first-order valence-corrected chi connectivity index (χ1v) is 6.71. The fourth-order valence-corrected chi connectivity index (χ4v) is 3.10. The van der Waals surface area contributed by atoms with Gasteiger partial charge in [-0.3, -0.25) is 4.98 Å². The molecule has 2 nitrogen and oxygen atoms in total. The Morgan fingerprint density at radius 3 is 2.89 bits per heavy atom. The molecule has 1 N–H and O–H groups in total. The van der Waals surface area contributed by atoms with Crippen LogP contribution in [0.4, 0.5) is 0 Å². The molecular weight excluding hydrogens is 242 g/mol. The normalized spacial score (nSPS) is 12.8. The Morgan fingerprint density at radius 1 is 1.17 bits per heavy atom. The van der Waals surface area contributed by atoms with Gasteiger partial charge in [0.25, 0.3) is 0 Å². The van der Waals surface area contributed by atoms with Gasteiger partial charge < -0.3 is 5.11 Å². The molecule has 3 aromatic rings. The Bertz CT molecular complexity index is 690. The van der Waals surface area contributed by atoms with Gasteiger partial charge in [0.1, 0.15) is 6.10 Å². The summed E-state index contributed by atoms with van der Waals surface area (Å²) in [5.74, 6) is 0. The van der Waals surface area contributed by atoms with Crippen LogP contribution in [0.2, 0.25) is 0 Å². The second-order valence-corrected chi connectivity index (χ2v) is 5.21. The molecule has 0 aliphatic rings. The largest absolute Gasteiger partial charge is 0.382 e. The van der Waals surface area contributed by atoms with Crippen LogP contribution >= 0.6 is 11.3 Å². The Balaban J connectivity index is 2.15. The van der Waals surface area contributed by atoms with Gasteiger partial charge in [-0.05, 0) is 35.4 Å². The van der Waals surface area contributed by atoms with Gasteiger partial charge in [0.05, 0.1) is 5.69 Å². The first-order valence-electron chi connectivity index (χ1n) is 5.83. The first kappa shape index (κ1) is 11.4. The predicted octanol–water partition coefficient (Wildman–Crippen LogP) is 3.69. The number of aromatic nitrogens is 1. The van der Waals surface area contributed by atoms with Crippen molar-refractivity contribution in [2.24, 2.45) is 0 Å². The van der Waals surface area contributed by atoms with E-state index in [9.17, 15) is 5.11 Å². The van der Waals surface area contributed by atoms with Crippen molar-refractivity contribution in [1.29, 1.82) is 0 Å². The molecule has 0 amide bonds. The summed E-state index contributed by atoms with van der Waals surface area (Å²) in [6.07, 6.45) is 1.06. The van der Waals surface area contributed by atoms with E-state index in [1.165, 1.54) is 5.39 Å². The summed E-state index contributed by atoms with van der Waals surface area (Å²) in [7, 11) is 0. The third-order valence-corrected chi connectivity index (χ3v) is 4.09. The molecule has 0 fully saturated rings. The van der Waals surface area contributed by atoms with Gasteiger partial charge in [0.15, 0.2) is 0 Å². The number of thiophene rings is 1. The highest BCUT2D eigenvalue weighted by molar-refractivity contribution is 7.17. The zero-order chi connectivity index (χ0) is 12.5. The molecule has 1 unspecified atom stereocenters. The van der Waals surface area contributed by atoms with Crippen LogP contribution in [0.1, 0.15) is 22.9 Å². The molecule has 0 spiro atoms. The minimum atomic E-state index is -0.659. The van der Waals surface area contributed by atoms with Crippen molar-refractivity contribution in [2.75, 3.05) is 0 Å². The Morgan fingerprint density at radius 2 is 2.06 bits per heavy atom. The molecule has 2 heterocycles. The van der Waals surface area contributed by atoms with Crippen LogP contribution < -0.4 is 0 Å². The number of aryl methyl sites for hydroxylation is 1. The number of nitrogens with zero attached hydrogens (tertiary/aromatic N) is 1. The third-order valence-electron chi connectivity index (χ3n) is 3.11. The molecule has 0 saturated carbocycles. The Labute approximate surface area is 110 Å². The summed E-state index contributed by atoms with van der Waals surface area (Å²) in [4.78, 5) is 4.30. The summed E-state index contributed by atoms with van der Waals surface area (Å²) in [6, 6.07) is 11.9. The third kappa shape index (κ3) is 1.82. The van der Waals surface area contributed by atoms with Crippen LogP contribution in [0.15, 0.2) is 48.0 Å². The van der Waals surface area contributed by atoms with Gasteiger partial charge in [-0.2, -0.15) is 0 Å². The number of fused-ring (bicyclic) bond motifs is 1. The van der Waals surface area contributed by atoms with Gasteiger partial charge in [0, 0.05) is 16.5 Å². The Hall–Kier alpha value is -1.71. The summed E-state index contributed by atoms with van der Waals surface area (Å²) in [5, 5.41) is 13.8. The van der Waals surface area contributed by atoms with Crippen LogP contribution in [-0.2, 0) is 0 Å². The molecule has 90 valence electrons. The lowest BCUT2D eigenvalue weighted by molar-refractivity contribution is 0.216. The highest BCUT2D eigenvalue weighted by Gasteiger charge is 2.16. The molecule has 1 atom stereocenters. The molecule has 0 aliphatic carbocycles. The number of aliphatic hydroxyl groups is 1. The van der Waals surface area contributed by atoms with E-state index in [4.69, 9.17) is 0 Å². The maximum absolute atomic E-state index is 10.5. The van der Waals surface area contributed by atoms with Crippen molar-refractivity contribution in [3.63, 3.8) is 0 Å². The number of benzene rings is 1. The quantitative estimate of drug-likeness (QED) is 0.757. The second kappa shape index (κ2) is 4.52. The van der Waals surface area contributed by atoms with E-state index < -0.39 is 6.10 Å². The molecule has 0 aliphatic heterocycles. The van der Waals surface area contributed by atoms with Crippen LogP contribution in [0, 0.1) is 6.92 Å². The van der Waals surface area contributed by atoms with Crippen molar-refractivity contribution < 1.29 is 5.11 Å². The van der Waals surface area contributed by atoms with E-state index in [0.717, 1.165) is 21.5 Å². The van der Waals surface area contributed by atoms with E-state index in [2.05, 4.69) is 17.1 Å². The lowest BCUT2D eigenvalue weighted by atomic mass is 10.0. The highest BCUT2D eigenvalue weighted by atomic mass is 32.1. The summed E-state index contributed by atoms with van der Waals surface area (Å²) >= 11 is 1.66. The number of hydrogen-bond donors (Lipinski definition) is 1. The van der Waals surface area contributed by atoms with Gasteiger partial charge in [-0.25, -0.2) is 0 Å². The van der Waals surface area contributed by atoms with Gasteiger partial charge in [0.2, 0.25) is 0 Å². The summed E-state index contributed by atoms with van der Waals surface area (Å²) in [5.41, 5.74) is 2.68. The van der Waals surface area contributed by atoms with Crippen molar-refractivity contribution in [2.45, 2.75) is 13.0 Å². The van der Waals surface area contributed by atoms with Gasteiger partial charge >= 0.3 is 0 Å². The maximum Gasteiger partial charge on any atom is 0.123 e. The monoisotopic (exact) mass is 255 g/mol. The number of hydrogen-bond acceptors (Lipinski definition) is 3. The minimum absolute atomic E-state index is 0.659. The second-order valence-electron chi connectivity index (χ2n) is 4.29. The number of pyridine rings is 1.